The average molecular weight is 705 g/mol. The van der Waals surface area contributed by atoms with E-state index in [2.05, 4.69) is 13.8 Å². The zero-order valence-corrected chi connectivity index (χ0v) is 32.5. The van der Waals surface area contributed by atoms with E-state index >= 15 is 0 Å². The summed E-state index contributed by atoms with van der Waals surface area (Å²) in [6, 6.07) is 0. The van der Waals surface area contributed by atoms with Crippen molar-refractivity contribution in [1.29, 1.82) is 0 Å². The van der Waals surface area contributed by atoms with E-state index in [1.807, 2.05) is 0 Å². The summed E-state index contributed by atoms with van der Waals surface area (Å²) in [5.41, 5.74) is 0. The smallest absolute Gasteiger partial charge is 0.378 e. The molecule has 2 fully saturated rings. The third-order valence-corrected chi connectivity index (χ3v) is 10.3. The first-order valence-electron chi connectivity index (χ1n) is 20.9. The Labute approximate surface area is 298 Å². The average Bonchev–Trinajstić information content (AvgIpc) is 2.99. The molecule has 48 heavy (non-hydrogen) atoms. The second-order valence-corrected chi connectivity index (χ2v) is 15.8. The lowest BCUT2D eigenvalue weighted by Crippen LogP contribution is -2.27. The molecule has 2 saturated heterocycles. The molecule has 0 amide bonds. The number of hydrogen-bond acceptors (Lipinski definition) is 5. The quantitative estimate of drug-likeness (QED) is 0.0507. The molecule has 0 aromatic heterocycles. The minimum absolute atomic E-state index is 0.472. The highest BCUT2D eigenvalue weighted by Crippen LogP contribution is 2.25. The first-order chi connectivity index (χ1) is 23.3. The van der Waals surface area contributed by atoms with Gasteiger partial charge < -0.3 is 14.2 Å². The van der Waals surface area contributed by atoms with Crippen LogP contribution in [0.5, 0.6) is 0 Å². The van der Waals surface area contributed by atoms with Gasteiger partial charge in [0.15, 0.2) is 0 Å². The van der Waals surface area contributed by atoms with Crippen LogP contribution in [0.4, 0.5) is 0 Å². The summed E-state index contributed by atoms with van der Waals surface area (Å²) >= 11 is 0. The van der Waals surface area contributed by atoms with Crippen molar-refractivity contribution in [3.63, 3.8) is 0 Å². The third kappa shape index (κ3) is 31.7. The van der Waals surface area contributed by atoms with Crippen molar-refractivity contribution >= 4 is 10.4 Å². The van der Waals surface area contributed by atoms with Crippen molar-refractivity contribution < 1.29 is 31.7 Å². The van der Waals surface area contributed by atoms with Gasteiger partial charge in [-0.2, -0.15) is 8.42 Å². The molecule has 0 aliphatic carbocycles. The molecule has 8 heteroatoms. The van der Waals surface area contributed by atoms with E-state index in [4.69, 9.17) is 31.7 Å². The molecule has 0 radical (unpaired) electrons. The molecule has 0 aromatic rings. The molecule has 0 spiro atoms. The molecule has 0 aromatic carbocycles. The van der Waals surface area contributed by atoms with Gasteiger partial charge in [-0.1, -0.05) is 168 Å². The molecule has 2 rings (SSSR count). The van der Waals surface area contributed by atoms with E-state index in [9.17, 15) is 0 Å². The van der Waals surface area contributed by atoms with Crippen molar-refractivity contribution in [2.75, 3.05) is 13.2 Å². The summed E-state index contributed by atoms with van der Waals surface area (Å²) in [6.07, 6.45) is 45.8. The fourth-order valence-electron chi connectivity index (χ4n) is 7.06. The maximum Gasteiger partial charge on any atom is 0.394 e. The SMILES string of the molecule is CCCCCCCCCCCCC(CCCCC1CCO1)OC(CCCCCCCCCCCC)CCCCC1CCO1.O=S(=O)(O)O. The minimum atomic E-state index is -4.67. The van der Waals surface area contributed by atoms with Crippen LogP contribution in [0, 0.1) is 0 Å². The highest BCUT2D eigenvalue weighted by molar-refractivity contribution is 7.79. The van der Waals surface area contributed by atoms with Gasteiger partial charge in [-0.05, 0) is 51.4 Å². The second kappa shape index (κ2) is 32.6. The van der Waals surface area contributed by atoms with Gasteiger partial charge >= 0.3 is 10.4 Å². The predicted molar refractivity (Wildman–Crippen MR) is 201 cm³/mol. The number of rotatable bonds is 34. The largest absolute Gasteiger partial charge is 0.394 e. The molecule has 4 unspecified atom stereocenters. The van der Waals surface area contributed by atoms with Crippen LogP contribution in [0.15, 0.2) is 0 Å². The molecule has 0 saturated carbocycles. The van der Waals surface area contributed by atoms with Crippen molar-refractivity contribution in [3.05, 3.63) is 0 Å². The van der Waals surface area contributed by atoms with Gasteiger partial charge in [0.25, 0.3) is 0 Å². The molecule has 2 heterocycles. The first kappa shape index (κ1) is 45.8. The Bertz CT molecular complexity index is 714. The van der Waals surface area contributed by atoms with Gasteiger partial charge in [0, 0.05) is 13.2 Å². The van der Waals surface area contributed by atoms with Crippen molar-refractivity contribution in [1.82, 2.24) is 0 Å². The summed E-state index contributed by atoms with van der Waals surface area (Å²) in [6.45, 7) is 6.60. The maximum atomic E-state index is 8.74. The van der Waals surface area contributed by atoms with Crippen LogP contribution in [-0.4, -0.2) is 55.2 Å². The van der Waals surface area contributed by atoms with Crippen LogP contribution < -0.4 is 0 Å². The highest BCUT2D eigenvalue weighted by atomic mass is 32.3. The molecule has 2 aliphatic rings. The fourth-order valence-corrected chi connectivity index (χ4v) is 7.06. The standard InChI is InChI=1S/C40H78O3.H2O4S/c1-3-5-7-9-11-13-15-17-19-21-29-39(31-25-23-27-37-33-35-41-37)43-40(32-26-24-28-38-34-36-42-38)30-22-20-18-16-14-12-10-8-6-4-2;1-5(2,3)4/h37-40H,3-36H2,1-2H3;(H2,1,2,3,4). The molecule has 2 N–H and O–H groups in total. The highest BCUT2D eigenvalue weighted by Gasteiger charge is 2.21. The Hall–Kier alpha value is -0.250. The van der Waals surface area contributed by atoms with Crippen LogP contribution >= 0.6 is 0 Å². The molecule has 0 bridgehead atoms. The van der Waals surface area contributed by atoms with Crippen LogP contribution in [0.3, 0.4) is 0 Å². The van der Waals surface area contributed by atoms with Gasteiger partial charge in [0.1, 0.15) is 0 Å². The topological polar surface area (TPSA) is 102 Å². The maximum absolute atomic E-state index is 8.74. The molecule has 288 valence electrons. The first-order valence-corrected chi connectivity index (χ1v) is 22.3. The predicted octanol–water partition coefficient (Wildman–Crippen LogP) is 12.4. The Morgan fingerprint density at radius 1 is 0.500 bits per heavy atom. The Balaban J connectivity index is 0.00000213. The number of hydrogen-bond donors (Lipinski definition) is 2. The Morgan fingerprint density at radius 2 is 0.750 bits per heavy atom. The minimum Gasteiger partial charge on any atom is -0.378 e. The summed E-state index contributed by atoms with van der Waals surface area (Å²) in [5.74, 6) is 0. The number of unbranched alkanes of at least 4 members (excludes halogenated alkanes) is 20. The summed E-state index contributed by atoms with van der Waals surface area (Å²) in [7, 11) is -4.67. The molecular weight excluding hydrogens is 625 g/mol. The van der Waals surface area contributed by atoms with E-state index in [1.54, 1.807) is 0 Å². The van der Waals surface area contributed by atoms with Crippen LogP contribution in [-0.2, 0) is 24.6 Å². The van der Waals surface area contributed by atoms with E-state index < -0.39 is 10.4 Å². The Kier molecular flexibility index (Phi) is 31.1. The third-order valence-electron chi connectivity index (χ3n) is 10.3. The molecule has 4 atom stereocenters. The van der Waals surface area contributed by atoms with Gasteiger partial charge in [0.2, 0.25) is 0 Å². The summed E-state index contributed by atoms with van der Waals surface area (Å²) < 4.78 is 50.0. The summed E-state index contributed by atoms with van der Waals surface area (Å²) in [4.78, 5) is 0. The normalized spacial score (nSPS) is 18.8. The van der Waals surface area contributed by atoms with Crippen molar-refractivity contribution in [2.45, 2.75) is 244 Å². The monoisotopic (exact) mass is 705 g/mol. The lowest BCUT2D eigenvalue weighted by Gasteiger charge is -2.28. The summed E-state index contributed by atoms with van der Waals surface area (Å²) in [5, 5.41) is 0. The van der Waals surface area contributed by atoms with Crippen LogP contribution in [0.1, 0.15) is 219 Å². The zero-order valence-electron chi connectivity index (χ0n) is 31.7. The van der Waals surface area contributed by atoms with Gasteiger partial charge in [0.05, 0.1) is 24.4 Å². The van der Waals surface area contributed by atoms with Crippen molar-refractivity contribution in [3.8, 4) is 0 Å². The fraction of sp³-hybridized carbons (Fsp3) is 1.00. The van der Waals surface area contributed by atoms with Crippen molar-refractivity contribution in [2.24, 2.45) is 0 Å². The number of ether oxygens (including phenoxy) is 3. The second-order valence-electron chi connectivity index (χ2n) is 14.9. The van der Waals surface area contributed by atoms with Crippen LogP contribution in [0.2, 0.25) is 0 Å². The van der Waals surface area contributed by atoms with Gasteiger partial charge in [-0.15, -0.1) is 0 Å². The van der Waals surface area contributed by atoms with E-state index in [0.29, 0.717) is 24.4 Å². The van der Waals surface area contributed by atoms with E-state index in [1.165, 1.54) is 205 Å². The molecule has 2 aliphatic heterocycles. The van der Waals surface area contributed by atoms with Gasteiger partial charge in [-0.25, -0.2) is 0 Å². The van der Waals surface area contributed by atoms with Gasteiger partial charge in [-0.3, -0.25) is 9.11 Å². The Morgan fingerprint density at radius 3 is 1.00 bits per heavy atom. The van der Waals surface area contributed by atoms with E-state index in [-0.39, 0.29) is 0 Å². The van der Waals surface area contributed by atoms with E-state index in [0.717, 1.165) is 13.2 Å². The lowest BCUT2D eigenvalue weighted by molar-refractivity contribution is -0.0592. The lowest BCUT2D eigenvalue weighted by atomic mass is 9.98. The van der Waals surface area contributed by atoms with Crippen LogP contribution in [0.25, 0.3) is 0 Å². The zero-order chi connectivity index (χ0) is 35.0. The molecular formula is C40H80O7S. The molecule has 7 nitrogen and oxygen atoms in total.